The van der Waals surface area contributed by atoms with Crippen molar-refractivity contribution in [3.8, 4) is 5.75 Å². The Morgan fingerprint density at radius 2 is 1.76 bits per heavy atom. The van der Waals surface area contributed by atoms with Crippen LogP contribution in [0.15, 0.2) is 42.7 Å². The van der Waals surface area contributed by atoms with E-state index in [0.29, 0.717) is 5.75 Å². The molecular formula is C17H18F3N3O2. The van der Waals surface area contributed by atoms with Gasteiger partial charge >= 0.3 is 6.18 Å². The molecule has 0 radical (unpaired) electrons. The molecule has 0 bridgehead atoms. The summed E-state index contributed by atoms with van der Waals surface area (Å²) in [5.41, 5.74) is 3.58. The van der Waals surface area contributed by atoms with Crippen LogP contribution >= 0.6 is 0 Å². The number of hydrogen-bond acceptors (Lipinski definition) is 4. The maximum absolute atomic E-state index is 13.0. The molecule has 0 fully saturated rings. The van der Waals surface area contributed by atoms with Crippen molar-refractivity contribution in [1.82, 2.24) is 15.8 Å². The van der Waals surface area contributed by atoms with Crippen molar-refractivity contribution in [2.75, 3.05) is 7.11 Å². The van der Waals surface area contributed by atoms with E-state index < -0.39 is 28.7 Å². The van der Waals surface area contributed by atoms with E-state index in [-0.39, 0.29) is 0 Å². The van der Waals surface area contributed by atoms with Crippen LogP contribution in [0.1, 0.15) is 35.3 Å². The van der Waals surface area contributed by atoms with Gasteiger partial charge in [-0.25, -0.2) is 5.43 Å². The second-order valence-electron chi connectivity index (χ2n) is 5.85. The van der Waals surface area contributed by atoms with Crippen molar-refractivity contribution in [3.63, 3.8) is 0 Å². The number of pyridine rings is 1. The monoisotopic (exact) mass is 353 g/mol. The number of hydrogen-bond donors (Lipinski definition) is 2. The first-order chi connectivity index (χ1) is 11.6. The summed E-state index contributed by atoms with van der Waals surface area (Å²) >= 11 is 0. The minimum atomic E-state index is -4.64. The topological polar surface area (TPSA) is 63.2 Å². The molecule has 8 heteroatoms. The van der Waals surface area contributed by atoms with Crippen LogP contribution in [-0.2, 0) is 11.7 Å². The quantitative estimate of drug-likeness (QED) is 0.810. The van der Waals surface area contributed by atoms with Gasteiger partial charge in [0, 0.05) is 12.4 Å². The summed E-state index contributed by atoms with van der Waals surface area (Å²) in [6.07, 6.45) is -2.75. The number of benzene rings is 1. The van der Waals surface area contributed by atoms with E-state index in [9.17, 15) is 18.0 Å². The summed E-state index contributed by atoms with van der Waals surface area (Å²) in [5, 5.41) is 0. The second kappa shape index (κ2) is 7.10. The fourth-order valence-electron chi connectivity index (χ4n) is 2.18. The largest absolute Gasteiger partial charge is 0.497 e. The lowest BCUT2D eigenvalue weighted by molar-refractivity contribution is -0.138. The molecule has 1 aromatic heterocycles. The zero-order valence-electron chi connectivity index (χ0n) is 13.9. The maximum Gasteiger partial charge on any atom is 0.417 e. The Morgan fingerprint density at radius 1 is 1.12 bits per heavy atom. The summed E-state index contributed by atoms with van der Waals surface area (Å²) in [4.78, 5) is 15.8. The van der Waals surface area contributed by atoms with Crippen molar-refractivity contribution >= 4 is 5.91 Å². The van der Waals surface area contributed by atoms with Crippen molar-refractivity contribution in [2.45, 2.75) is 25.6 Å². The number of carbonyl (C=O) groups excluding carboxylic acids is 1. The molecule has 2 rings (SSSR count). The van der Waals surface area contributed by atoms with Crippen LogP contribution in [0.5, 0.6) is 5.75 Å². The third-order valence-corrected chi connectivity index (χ3v) is 3.67. The van der Waals surface area contributed by atoms with Crippen molar-refractivity contribution < 1.29 is 22.7 Å². The van der Waals surface area contributed by atoms with Crippen molar-refractivity contribution in [1.29, 1.82) is 0 Å². The van der Waals surface area contributed by atoms with Gasteiger partial charge < -0.3 is 4.74 Å². The summed E-state index contributed by atoms with van der Waals surface area (Å²) in [7, 11) is 1.55. The molecule has 0 aliphatic rings. The van der Waals surface area contributed by atoms with Gasteiger partial charge in [0.05, 0.1) is 23.8 Å². The molecule has 0 aliphatic carbocycles. The number of nitrogens with zero attached hydrogens (tertiary/aromatic N) is 1. The van der Waals surface area contributed by atoms with Crippen molar-refractivity contribution in [3.05, 3.63) is 59.4 Å². The summed E-state index contributed by atoms with van der Waals surface area (Å²) in [6.45, 7) is 3.56. The fourth-order valence-corrected chi connectivity index (χ4v) is 2.18. The zero-order chi connectivity index (χ0) is 18.7. The Bertz CT molecular complexity index is 744. The van der Waals surface area contributed by atoms with Gasteiger partial charge in [-0.1, -0.05) is 12.1 Å². The van der Waals surface area contributed by atoms with Crippen LogP contribution in [0, 0.1) is 0 Å². The molecule has 0 spiro atoms. The lowest BCUT2D eigenvalue weighted by atomic mass is 9.95. The third kappa shape index (κ3) is 4.48. The Labute approximate surface area is 143 Å². The number of aromatic nitrogens is 1. The highest BCUT2D eigenvalue weighted by molar-refractivity contribution is 5.95. The number of alkyl halides is 3. The third-order valence-electron chi connectivity index (χ3n) is 3.67. The first kappa shape index (κ1) is 18.7. The van der Waals surface area contributed by atoms with E-state index in [2.05, 4.69) is 15.8 Å². The molecule has 1 aromatic carbocycles. The van der Waals surface area contributed by atoms with E-state index in [1.807, 2.05) is 0 Å². The average molecular weight is 353 g/mol. The SMILES string of the molecule is COc1ccc(C(C)(C)NNC(=O)c2cnccc2C(F)(F)F)cc1. The van der Waals surface area contributed by atoms with Gasteiger partial charge in [-0.15, -0.1) is 0 Å². The molecule has 5 nitrogen and oxygen atoms in total. The summed E-state index contributed by atoms with van der Waals surface area (Å²) in [5.74, 6) is -0.240. The summed E-state index contributed by atoms with van der Waals surface area (Å²) < 4.78 is 44.0. The molecule has 0 aliphatic heterocycles. The normalized spacial score (nSPS) is 11.9. The molecule has 134 valence electrons. The lowest BCUT2D eigenvalue weighted by Gasteiger charge is -2.27. The van der Waals surface area contributed by atoms with Gasteiger partial charge in [0.2, 0.25) is 0 Å². The molecule has 2 N–H and O–H groups in total. The van der Waals surface area contributed by atoms with Crippen LogP contribution in [0.2, 0.25) is 0 Å². The van der Waals surface area contributed by atoms with Crippen molar-refractivity contribution in [2.24, 2.45) is 0 Å². The molecule has 1 amide bonds. The smallest absolute Gasteiger partial charge is 0.417 e. The zero-order valence-corrected chi connectivity index (χ0v) is 13.9. The number of ether oxygens (including phenoxy) is 1. The first-order valence-electron chi connectivity index (χ1n) is 7.38. The van der Waals surface area contributed by atoms with E-state index in [1.165, 1.54) is 0 Å². The Hall–Kier alpha value is -2.61. The second-order valence-corrected chi connectivity index (χ2v) is 5.85. The van der Waals surface area contributed by atoms with E-state index >= 15 is 0 Å². The Kier molecular flexibility index (Phi) is 5.32. The number of carbonyl (C=O) groups is 1. The van der Waals surface area contributed by atoms with E-state index in [1.54, 1.807) is 45.2 Å². The minimum absolute atomic E-state index is 0.548. The molecule has 2 aromatic rings. The van der Waals surface area contributed by atoms with Gasteiger partial charge in [0.15, 0.2) is 0 Å². The highest BCUT2D eigenvalue weighted by Crippen LogP contribution is 2.31. The lowest BCUT2D eigenvalue weighted by Crippen LogP contribution is -2.49. The maximum atomic E-state index is 13.0. The van der Waals surface area contributed by atoms with Gasteiger partial charge in [0.1, 0.15) is 5.75 Å². The Balaban J connectivity index is 2.13. The van der Waals surface area contributed by atoms with Crippen LogP contribution in [-0.4, -0.2) is 18.0 Å². The van der Waals surface area contributed by atoms with Gasteiger partial charge in [-0.2, -0.15) is 13.2 Å². The predicted octanol–water partition coefficient (Wildman–Crippen LogP) is 3.28. The minimum Gasteiger partial charge on any atom is -0.497 e. The molecule has 0 atom stereocenters. The highest BCUT2D eigenvalue weighted by Gasteiger charge is 2.35. The van der Waals surface area contributed by atoms with Gasteiger partial charge in [-0.3, -0.25) is 15.2 Å². The number of amides is 1. The number of halogens is 3. The molecular weight excluding hydrogens is 335 g/mol. The fraction of sp³-hybridized carbons (Fsp3) is 0.294. The Morgan fingerprint density at radius 3 is 2.32 bits per heavy atom. The van der Waals surface area contributed by atoms with E-state index in [0.717, 1.165) is 24.0 Å². The number of hydrazine groups is 1. The average Bonchev–Trinajstić information content (AvgIpc) is 2.59. The van der Waals surface area contributed by atoms with Crippen LogP contribution in [0.4, 0.5) is 13.2 Å². The molecule has 0 saturated carbocycles. The number of rotatable bonds is 5. The molecule has 1 heterocycles. The summed E-state index contributed by atoms with van der Waals surface area (Å²) in [6, 6.07) is 7.86. The molecule has 0 unspecified atom stereocenters. The van der Waals surface area contributed by atoms with Gasteiger partial charge in [-0.05, 0) is 37.6 Å². The number of nitrogens with one attached hydrogen (secondary N) is 2. The van der Waals surface area contributed by atoms with Crippen LogP contribution in [0.3, 0.4) is 0 Å². The number of methoxy groups -OCH3 is 1. The molecule has 0 saturated heterocycles. The van der Waals surface area contributed by atoms with Crippen LogP contribution < -0.4 is 15.6 Å². The van der Waals surface area contributed by atoms with Gasteiger partial charge in [0.25, 0.3) is 5.91 Å². The highest BCUT2D eigenvalue weighted by atomic mass is 19.4. The van der Waals surface area contributed by atoms with E-state index in [4.69, 9.17) is 4.74 Å². The predicted molar refractivity (Wildman–Crippen MR) is 85.9 cm³/mol. The standard InChI is InChI=1S/C17H18F3N3O2/c1-16(2,11-4-6-12(25-3)7-5-11)23-22-15(24)13-10-21-9-8-14(13)17(18,19)20/h4-10,23H,1-3H3,(H,22,24). The molecule has 25 heavy (non-hydrogen) atoms. The van der Waals surface area contributed by atoms with Crippen LogP contribution in [0.25, 0.3) is 0 Å². The first-order valence-corrected chi connectivity index (χ1v) is 7.38.